The molecule has 2 saturated heterocycles. The Bertz CT molecular complexity index is 1210. The Morgan fingerprint density at radius 3 is 2.61 bits per heavy atom. The number of nitrogens with zero attached hydrogens (tertiary/aromatic N) is 2. The van der Waals surface area contributed by atoms with E-state index >= 15 is 0 Å². The molecule has 4 aliphatic carbocycles. The molecule has 0 amide bonds. The van der Waals surface area contributed by atoms with E-state index in [-0.39, 0.29) is 23.9 Å². The van der Waals surface area contributed by atoms with Crippen molar-refractivity contribution in [3.05, 3.63) is 35.4 Å². The molecule has 4 bridgehead atoms. The van der Waals surface area contributed by atoms with E-state index in [0.29, 0.717) is 41.7 Å². The molecule has 3 unspecified atom stereocenters. The molecule has 8 rings (SSSR count). The Hall–Kier alpha value is -1.71. The van der Waals surface area contributed by atoms with Gasteiger partial charge in [-0.15, -0.1) is 0 Å². The van der Waals surface area contributed by atoms with Crippen LogP contribution in [-0.4, -0.2) is 61.1 Å². The van der Waals surface area contributed by atoms with Gasteiger partial charge in [0.2, 0.25) is 5.79 Å². The van der Waals surface area contributed by atoms with Gasteiger partial charge in [-0.05, 0) is 49.1 Å². The summed E-state index contributed by atoms with van der Waals surface area (Å²) in [6.45, 7) is 4.27. The van der Waals surface area contributed by atoms with Crippen LogP contribution < -0.4 is 0 Å². The van der Waals surface area contributed by atoms with Gasteiger partial charge < -0.3 is 25.2 Å². The van der Waals surface area contributed by atoms with Crippen LogP contribution in [0.2, 0.25) is 0 Å². The number of hydrogen-bond donors (Lipinski definition) is 4. The first-order valence-corrected chi connectivity index (χ1v) is 12.0. The van der Waals surface area contributed by atoms with Gasteiger partial charge in [-0.2, -0.15) is 0 Å². The third-order valence-electron chi connectivity index (χ3n) is 10.2. The molecular weight excluding hydrogens is 427 g/mol. The van der Waals surface area contributed by atoms with Crippen LogP contribution in [0.25, 0.3) is 11.0 Å². The van der Waals surface area contributed by atoms with Gasteiger partial charge in [0.1, 0.15) is 17.3 Å². The highest BCUT2D eigenvalue weighted by atomic mass is 19.1. The number of rotatable bonds is 0. The molecule has 8 heteroatoms. The van der Waals surface area contributed by atoms with Crippen molar-refractivity contribution in [2.75, 3.05) is 6.61 Å². The lowest BCUT2D eigenvalue weighted by Gasteiger charge is -2.75. The van der Waals surface area contributed by atoms with Crippen molar-refractivity contribution in [1.82, 2.24) is 9.97 Å². The van der Waals surface area contributed by atoms with Gasteiger partial charge in [0, 0.05) is 23.3 Å². The molecule has 9 atom stereocenters. The van der Waals surface area contributed by atoms with E-state index in [0.717, 1.165) is 6.42 Å². The minimum Gasteiger partial charge on any atom is -0.392 e. The van der Waals surface area contributed by atoms with Crippen molar-refractivity contribution >= 4 is 11.0 Å². The molecule has 7 nitrogen and oxygen atoms in total. The lowest BCUT2D eigenvalue weighted by molar-refractivity contribution is -0.449. The van der Waals surface area contributed by atoms with Gasteiger partial charge >= 0.3 is 0 Å². The first kappa shape index (κ1) is 20.6. The number of halogens is 1. The van der Waals surface area contributed by atoms with E-state index in [1.165, 1.54) is 12.1 Å². The van der Waals surface area contributed by atoms with Crippen molar-refractivity contribution in [2.24, 2.45) is 22.7 Å². The van der Waals surface area contributed by atoms with Gasteiger partial charge in [-0.25, -0.2) is 14.4 Å². The highest BCUT2D eigenvalue weighted by molar-refractivity contribution is 5.75. The highest BCUT2D eigenvalue weighted by Crippen LogP contribution is 2.76. The van der Waals surface area contributed by atoms with Crippen molar-refractivity contribution in [3.8, 4) is 0 Å². The lowest BCUT2D eigenvalue weighted by Crippen LogP contribution is -2.86. The Balaban J connectivity index is 1.56. The van der Waals surface area contributed by atoms with E-state index in [4.69, 9.17) is 14.7 Å². The van der Waals surface area contributed by atoms with Crippen LogP contribution in [0.4, 0.5) is 4.39 Å². The summed E-state index contributed by atoms with van der Waals surface area (Å²) in [6, 6.07) is 4.19. The Morgan fingerprint density at radius 2 is 1.82 bits per heavy atom. The average molecular weight is 457 g/mol. The molecule has 4 N–H and O–H groups in total. The number of benzene rings is 1. The highest BCUT2D eigenvalue weighted by Gasteiger charge is 2.85. The summed E-state index contributed by atoms with van der Waals surface area (Å²) in [5.74, 6) is -3.67. The second kappa shape index (κ2) is 5.91. The third-order valence-corrected chi connectivity index (χ3v) is 10.2. The smallest absolute Gasteiger partial charge is 0.206 e. The van der Waals surface area contributed by atoms with Crippen molar-refractivity contribution in [1.29, 1.82) is 0 Å². The number of ether oxygens (including phenoxy) is 1. The first-order valence-electron chi connectivity index (χ1n) is 12.0. The lowest BCUT2D eigenvalue weighted by atomic mass is 9.35. The third kappa shape index (κ3) is 1.99. The number of fused-ring (bicyclic) bond motifs is 5. The summed E-state index contributed by atoms with van der Waals surface area (Å²) in [4.78, 5) is 9.55. The van der Waals surface area contributed by atoms with Crippen LogP contribution >= 0.6 is 0 Å². The molecule has 3 heterocycles. The Labute approximate surface area is 190 Å². The van der Waals surface area contributed by atoms with Crippen molar-refractivity contribution in [2.45, 2.75) is 75.0 Å². The van der Waals surface area contributed by atoms with Gasteiger partial charge in [0.15, 0.2) is 0 Å². The molecule has 2 aliphatic heterocycles. The fourth-order valence-electron chi connectivity index (χ4n) is 9.01. The van der Waals surface area contributed by atoms with Crippen LogP contribution in [0.15, 0.2) is 18.2 Å². The molecular formula is C25H29FN2O5. The molecule has 2 aromatic rings. The summed E-state index contributed by atoms with van der Waals surface area (Å²) >= 11 is 0. The van der Waals surface area contributed by atoms with Gasteiger partial charge in [0.25, 0.3) is 0 Å². The zero-order valence-electron chi connectivity index (χ0n) is 18.7. The van der Waals surface area contributed by atoms with Gasteiger partial charge in [-0.1, -0.05) is 13.8 Å². The molecule has 33 heavy (non-hydrogen) atoms. The molecule has 2 spiro atoms. The zero-order chi connectivity index (χ0) is 23.1. The molecule has 5 fully saturated rings. The van der Waals surface area contributed by atoms with Crippen molar-refractivity contribution < 1.29 is 29.6 Å². The van der Waals surface area contributed by atoms with E-state index in [9.17, 15) is 24.8 Å². The molecule has 1 aromatic heterocycles. The van der Waals surface area contributed by atoms with Crippen LogP contribution in [0, 0.1) is 28.5 Å². The number of aromatic nitrogens is 2. The van der Waals surface area contributed by atoms with Gasteiger partial charge in [-0.3, -0.25) is 0 Å². The SMILES string of the molecule is CC1(C)CC[C@H](O)[C@]23CO[C@](O)([C@@H](O)C12)[C@]12c4nc5cc(F)ccc5nc4[C@H](CCC31)C2O. The fourth-order valence-corrected chi connectivity index (χ4v) is 9.01. The van der Waals surface area contributed by atoms with E-state index < -0.39 is 46.7 Å². The predicted octanol–water partition coefficient (Wildman–Crippen LogP) is 1.75. The maximum absolute atomic E-state index is 14.0. The summed E-state index contributed by atoms with van der Waals surface area (Å²) in [7, 11) is 0. The second-order valence-corrected chi connectivity index (χ2v) is 11.7. The summed E-state index contributed by atoms with van der Waals surface area (Å²) < 4.78 is 20.1. The topological polar surface area (TPSA) is 116 Å². The predicted molar refractivity (Wildman–Crippen MR) is 114 cm³/mol. The Kier molecular flexibility index (Phi) is 3.70. The number of aliphatic hydroxyl groups excluding tert-OH is 3. The Morgan fingerprint density at radius 1 is 1.03 bits per heavy atom. The van der Waals surface area contributed by atoms with Crippen LogP contribution in [0.5, 0.6) is 0 Å². The molecule has 176 valence electrons. The largest absolute Gasteiger partial charge is 0.392 e. The number of aliphatic hydroxyl groups is 4. The van der Waals surface area contributed by atoms with Crippen molar-refractivity contribution in [3.63, 3.8) is 0 Å². The monoisotopic (exact) mass is 456 g/mol. The average Bonchev–Trinajstić information content (AvgIpc) is 2.89. The molecule has 0 radical (unpaired) electrons. The zero-order valence-corrected chi connectivity index (χ0v) is 18.7. The standard InChI is InChI=1S/C25H29FN2O5/c1-22(2)8-7-16(29)23-10-33-25(32,21(31)18(22)23)24-15(23)6-4-12(20(24)30)17-19(24)28-14-9-11(26)3-5-13(14)27-17/h3,5,9,12,15-16,18,20-21,29-32H,4,6-8,10H2,1-2H3/t12-,15?,16-,18?,20?,21-,23+,24-,25+/m0/s1. The molecule has 1 aromatic carbocycles. The van der Waals surface area contributed by atoms with E-state index in [1.54, 1.807) is 6.07 Å². The minimum atomic E-state index is -2.09. The van der Waals surface area contributed by atoms with Crippen LogP contribution in [0.3, 0.4) is 0 Å². The van der Waals surface area contributed by atoms with Crippen LogP contribution in [-0.2, 0) is 10.2 Å². The van der Waals surface area contributed by atoms with E-state index in [1.807, 2.05) is 0 Å². The van der Waals surface area contributed by atoms with Crippen LogP contribution in [0.1, 0.15) is 56.8 Å². The normalized spacial score (nSPS) is 48.9. The second-order valence-electron chi connectivity index (χ2n) is 11.7. The van der Waals surface area contributed by atoms with E-state index in [2.05, 4.69) is 13.8 Å². The summed E-state index contributed by atoms with van der Waals surface area (Å²) in [6.07, 6.45) is -0.581. The molecule has 6 aliphatic rings. The van der Waals surface area contributed by atoms with Gasteiger partial charge in [0.05, 0.1) is 41.2 Å². The summed E-state index contributed by atoms with van der Waals surface area (Å²) in [5, 5.41) is 47.2. The fraction of sp³-hybridized carbons (Fsp3) is 0.680. The minimum absolute atomic E-state index is 0.116. The maximum Gasteiger partial charge on any atom is 0.206 e. The maximum atomic E-state index is 14.0. The quantitative estimate of drug-likeness (QED) is 0.477. The first-order chi connectivity index (χ1) is 15.6. The molecule has 3 saturated carbocycles. The number of hydrogen-bond acceptors (Lipinski definition) is 7. The summed E-state index contributed by atoms with van der Waals surface area (Å²) in [5.41, 5.74) is -0.793.